The highest BCUT2D eigenvalue weighted by molar-refractivity contribution is 5.76. The smallest absolute Gasteiger partial charge is 0.224 e. The lowest BCUT2D eigenvalue weighted by Crippen LogP contribution is -2.49. The van der Waals surface area contributed by atoms with Crippen molar-refractivity contribution in [2.24, 2.45) is 5.92 Å². The second-order valence-electron chi connectivity index (χ2n) is 7.95. The van der Waals surface area contributed by atoms with E-state index in [0.717, 1.165) is 24.5 Å². The number of anilines is 1. The number of nitrogens with zero attached hydrogens (tertiary/aromatic N) is 4. The van der Waals surface area contributed by atoms with Gasteiger partial charge in [0.15, 0.2) is 11.6 Å². The number of benzene rings is 1. The Morgan fingerprint density at radius 3 is 2.53 bits per heavy atom. The monoisotopic (exact) mass is 416 g/mol. The molecule has 2 aliphatic rings. The second kappa shape index (κ2) is 9.36. The molecule has 2 heterocycles. The summed E-state index contributed by atoms with van der Waals surface area (Å²) in [5, 5.41) is 0. The van der Waals surface area contributed by atoms with Gasteiger partial charge < -0.3 is 14.5 Å². The molecule has 1 aliphatic heterocycles. The van der Waals surface area contributed by atoms with Gasteiger partial charge in [0.25, 0.3) is 0 Å². The molecule has 1 aromatic carbocycles. The lowest BCUT2D eigenvalue weighted by Gasteiger charge is -2.35. The van der Waals surface area contributed by atoms with Crippen molar-refractivity contribution in [3.8, 4) is 11.6 Å². The van der Waals surface area contributed by atoms with Crippen LogP contribution in [-0.2, 0) is 4.79 Å². The number of aromatic nitrogens is 2. The zero-order valence-corrected chi connectivity index (χ0v) is 16.9. The molecule has 1 aliphatic carbocycles. The summed E-state index contributed by atoms with van der Waals surface area (Å²) in [4.78, 5) is 24.9. The van der Waals surface area contributed by atoms with E-state index in [1.807, 2.05) is 4.90 Å². The van der Waals surface area contributed by atoms with Gasteiger partial charge in [-0.1, -0.05) is 25.7 Å². The number of piperazine rings is 1. The molecule has 1 amide bonds. The summed E-state index contributed by atoms with van der Waals surface area (Å²) in [6, 6.07) is 5.00. The van der Waals surface area contributed by atoms with Crippen molar-refractivity contribution in [1.29, 1.82) is 0 Å². The van der Waals surface area contributed by atoms with Crippen molar-refractivity contribution in [2.75, 3.05) is 31.1 Å². The zero-order valence-electron chi connectivity index (χ0n) is 16.9. The van der Waals surface area contributed by atoms with Crippen LogP contribution >= 0.6 is 0 Å². The van der Waals surface area contributed by atoms with Crippen LogP contribution in [0.3, 0.4) is 0 Å². The van der Waals surface area contributed by atoms with Crippen molar-refractivity contribution in [1.82, 2.24) is 14.9 Å². The molecule has 0 unspecified atom stereocenters. The maximum Gasteiger partial charge on any atom is 0.224 e. The molecule has 2 fully saturated rings. The maximum atomic E-state index is 13.4. The van der Waals surface area contributed by atoms with Gasteiger partial charge in [-0.25, -0.2) is 18.7 Å². The summed E-state index contributed by atoms with van der Waals surface area (Å²) < 4.78 is 32.0. The van der Waals surface area contributed by atoms with E-state index in [1.165, 1.54) is 38.1 Å². The SMILES string of the molecule is O=C(CCC1CCCC1)N1CCN(c2cc(Oc3ccc(F)c(F)c3)ncn2)CC1. The van der Waals surface area contributed by atoms with Crippen molar-refractivity contribution in [3.63, 3.8) is 0 Å². The highest BCUT2D eigenvalue weighted by Crippen LogP contribution is 2.29. The van der Waals surface area contributed by atoms with Gasteiger partial charge in [-0.15, -0.1) is 0 Å². The van der Waals surface area contributed by atoms with Crippen LogP contribution in [-0.4, -0.2) is 47.0 Å². The van der Waals surface area contributed by atoms with E-state index in [-0.39, 0.29) is 17.5 Å². The molecule has 0 N–H and O–H groups in total. The molecule has 30 heavy (non-hydrogen) atoms. The van der Waals surface area contributed by atoms with E-state index in [0.29, 0.717) is 38.4 Å². The topological polar surface area (TPSA) is 58.6 Å². The zero-order chi connectivity index (χ0) is 20.9. The first-order chi connectivity index (χ1) is 14.6. The van der Waals surface area contributed by atoms with Crippen LogP contribution in [0.5, 0.6) is 11.6 Å². The number of rotatable bonds is 6. The Kier molecular flexibility index (Phi) is 6.40. The van der Waals surface area contributed by atoms with Crippen LogP contribution in [0.1, 0.15) is 38.5 Å². The lowest BCUT2D eigenvalue weighted by atomic mass is 10.0. The van der Waals surface area contributed by atoms with Crippen molar-refractivity contribution < 1.29 is 18.3 Å². The van der Waals surface area contributed by atoms with Crippen LogP contribution in [0.4, 0.5) is 14.6 Å². The first-order valence-corrected chi connectivity index (χ1v) is 10.6. The molecule has 2 aromatic rings. The summed E-state index contributed by atoms with van der Waals surface area (Å²) in [5.41, 5.74) is 0. The summed E-state index contributed by atoms with van der Waals surface area (Å²) >= 11 is 0. The van der Waals surface area contributed by atoms with Crippen LogP contribution in [0.25, 0.3) is 0 Å². The third kappa shape index (κ3) is 5.04. The number of hydrogen-bond donors (Lipinski definition) is 0. The fourth-order valence-corrected chi connectivity index (χ4v) is 4.19. The van der Waals surface area contributed by atoms with E-state index in [4.69, 9.17) is 4.74 Å². The Bertz CT molecular complexity index is 881. The first kappa shape index (κ1) is 20.5. The van der Waals surface area contributed by atoms with Gasteiger partial charge in [-0.3, -0.25) is 4.79 Å². The molecule has 0 bridgehead atoms. The summed E-state index contributed by atoms with van der Waals surface area (Å²) in [5.74, 6) is 0.158. The first-order valence-electron chi connectivity index (χ1n) is 10.6. The van der Waals surface area contributed by atoms with Crippen molar-refractivity contribution >= 4 is 11.7 Å². The average molecular weight is 416 g/mol. The Labute approximate surface area is 174 Å². The third-order valence-electron chi connectivity index (χ3n) is 5.94. The third-order valence-corrected chi connectivity index (χ3v) is 5.94. The largest absolute Gasteiger partial charge is 0.439 e. The standard InChI is InChI=1S/C22H26F2N4O2/c23-18-7-6-17(13-19(18)24)30-21-14-20(25-15-26-21)27-9-11-28(12-10-27)22(29)8-5-16-3-1-2-4-16/h6-7,13-16H,1-5,8-12H2. The molecule has 0 radical (unpaired) electrons. The van der Waals surface area contributed by atoms with Gasteiger partial charge in [-0.2, -0.15) is 0 Å². The van der Waals surface area contributed by atoms with E-state index in [9.17, 15) is 13.6 Å². The van der Waals surface area contributed by atoms with E-state index in [1.54, 1.807) is 6.07 Å². The van der Waals surface area contributed by atoms with Gasteiger partial charge in [0.1, 0.15) is 17.9 Å². The fraction of sp³-hybridized carbons (Fsp3) is 0.500. The molecule has 0 atom stereocenters. The predicted octanol–water partition coefficient (Wildman–Crippen LogP) is 4.17. The molecule has 8 heteroatoms. The molecular formula is C22H26F2N4O2. The Morgan fingerprint density at radius 2 is 1.80 bits per heavy atom. The number of carbonyl (C=O) groups excluding carboxylic acids is 1. The number of carbonyl (C=O) groups is 1. The second-order valence-corrected chi connectivity index (χ2v) is 7.95. The molecule has 4 rings (SSSR count). The predicted molar refractivity (Wildman–Crippen MR) is 108 cm³/mol. The molecule has 1 saturated heterocycles. The van der Waals surface area contributed by atoms with Gasteiger partial charge >= 0.3 is 0 Å². The summed E-state index contributed by atoms with van der Waals surface area (Å²) in [7, 11) is 0. The summed E-state index contributed by atoms with van der Waals surface area (Å²) in [6.07, 6.45) is 8.17. The van der Waals surface area contributed by atoms with Crippen molar-refractivity contribution in [2.45, 2.75) is 38.5 Å². The fourth-order valence-electron chi connectivity index (χ4n) is 4.19. The minimum atomic E-state index is -0.976. The van der Waals surface area contributed by atoms with Crippen LogP contribution < -0.4 is 9.64 Å². The minimum absolute atomic E-state index is 0.163. The maximum absolute atomic E-state index is 13.4. The summed E-state index contributed by atoms with van der Waals surface area (Å²) in [6.45, 7) is 2.67. The van der Waals surface area contributed by atoms with Crippen LogP contribution in [0.2, 0.25) is 0 Å². The van der Waals surface area contributed by atoms with E-state index < -0.39 is 11.6 Å². The highest BCUT2D eigenvalue weighted by atomic mass is 19.2. The van der Waals surface area contributed by atoms with E-state index in [2.05, 4.69) is 14.9 Å². The van der Waals surface area contributed by atoms with Crippen molar-refractivity contribution in [3.05, 3.63) is 42.2 Å². The number of hydrogen-bond acceptors (Lipinski definition) is 5. The van der Waals surface area contributed by atoms with Crippen LogP contribution in [0, 0.1) is 17.6 Å². The Hall–Kier alpha value is -2.77. The van der Waals surface area contributed by atoms with Gasteiger partial charge in [0.2, 0.25) is 11.8 Å². The Morgan fingerprint density at radius 1 is 1.03 bits per heavy atom. The van der Waals surface area contributed by atoms with Crippen LogP contribution in [0.15, 0.2) is 30.6 Å². The number of amides is 1. The minimum Gasteiger partial charge on any atom is -0.439 e. The molecule has 0 spiro atoms. The molecule has 160 valence electrons. The van der Waals surface area contributed by atoms with Gasteiger partial charge in [-0.05, 0) is 24.5 Å². The number of halogens is 2. The lowest BCUT2D eigenvalue weighted by molar-refractivity contribution is -0.131. The average Bonchev–Trinajstić information content (AvgIpc) is 3.29. The van der Waals surface area contributed by atoms with E-state index >= 15 is 0 Å². The molecule has 1 saturated carbocycles. The quantitative estimate of drug-likeness (QED) is 0.708. The molecule has 6 nitrogen and oxygen atoms in total. The number of ether oxygens (including phenoxy) is 1. The highest BCUT2D eigenvalue weighted by Gasteiger charge is 2.24. The Balaban J connectivity index is 1.30. The normalized spacial score (nSPS) is 17.4. The van der Waals surface area contributed by atoms with Gasteiger partial charge in [0.05, 0.1) is 0 Å². The molecule has 1 aromatic heterocycles. The van der Waals surface area contributed by atoms with Gasteiger partial charge in [0, 0.05) is 44.7 Å². The molecular weight excluding hydrogens is 390 g/mol.